The molecule has 0 spiro atoms. The molecule has 2 amide bonds. The molecule has 0 saturated carbocycles. The van der Waals surface area contributed by atoms with Crippen molar-refractivity contribution in [1.82, 2.24) is 4.90 Å². The molecule has 4 heteroatoms. The van der Waals surface area contributed by atoms with Crippen LogP contribution < -0.4 is 5.32 Å². The lowest BCUT2D eigenvalue weighted by atomic mass is 9.86. The molecule has 0 fully saturated rings. The number of fused-ring (bicyclic) bond motifs is 2. The smallest absolute Gasteiger partial charge is 0.227 e. The van der Waals surface area contributed by atoms with E-state index in [1.165, 1.54) is 16.7 Å². The van der Waals surface area contributed by atoms with Crippen LogP contribution in [0.25, 0.3) is 0 Å². The molecule has 2 aliphatic rings. The molecule has 2 aromatic carbocycles. The van der Waals surface area contributed by atoms with Crippen LogP contribution in [-0.4, -0.2) is 29.3 Å². The van der Waals surface area contributed by atoms with Crippen molar-refractivity contribution in [2.45, 2.75) is 57.9 Å². The van der Waals surface area contributed by atoms with Crippen LogP contribution in [-0.2, 0) is 28.9 Å². The molecule has 0 radical (unpaired) electrons. The molecule has 0 aromatic heterocycles. The van der Waals surface area contributed by atoms with Crippen molar-refractivity contribution in [3.05, 3.63) is 65.2 Å². The zero-order valence-electron chi connectivity index (χ0n) is 17.2. The summed E-state index contributed by atoms with van der Waals surface area (Å²) in [6.45, 7) is 2.92. The maximum Gasteiger partial charge on any atom is 0.227 e. The van der Waals surface area contributed by atoms with E-state index in [0.29, 0.717) is 12.8 Å². The van der Waals surface area contributed by atoms with Crippen molar-refractivity contribution in [1.29, 1.82) is 0 Å². The van der Waals surface area contributed by atoms with E-state index in [2.05, 4.69) is 47.5 Å². The van der Waals surface area contributed by atoms with Gasteiger partial charge in [-0.2, -0.15) is 0 Å². The van der Waals surface area contributed by atoms with Crippen molar-refractivity contribution in [2.75, 3.05) is 11.9 Å². The van der Waals surface area contributed by atoms with E-state index in [1.807, 2.05) is 18.2 Å². The molecule has 29 heavy (non-hydrogen) atoms. The first-order chi connectivity index (χ1) is 14.2. The van der Waals surface area contributed by atoms with Gasteiger partial charge in [-0.25, -0.2) is 0 Å². The van der Waals surface area contributed by atoms with E-state index in [9.17, 15) is 9.59 Å². The minimum Gasteiger partial charge on any atom is -0.339 e. The molecule has 0 bridgehead atoms. The summed E-state index contributed by atoms with van der Waals surface area (Å²) < 4.78 is 0. The van der Waals surface area contributed by atoms with Crippen molar-refractivity contribution in [2.24, 2.45) is 5.92 Å². The van der Waals surface area contributed by atoms with E-state index < -0.39 is 0 Å². The van der Waals surface area contributed by atoms with Crippen molar-refractivity contribution < 1.29 is 9.59 Å². The van der Waals surface area contributed by atoms with E-state index in [0.717, 1.165) is 44.3 Å². The lowest BCUT2D eigenvalue weighted by Crippen LogP contribution is -2.44. The Bertz CT molecular complexity index is 892. The first kappa shape index (κ1) is 19.7. The zero-order valence-corrected chi connectivity index (χ0v) is 17.2. The number of aryl methyl sites for hydroxylation is 1. The van der Waals surface area contributed by atoms with Gasteiger partial charge in [0.15, 0.2) is 0 Å². The Kier molecular flexibility index (Phi) is 5.98. The molecule has 1 heterocycles. The van der Waals surface area contributed by atoms with Crippen LogP contribution in [0, 0.1) is 5.92 Å². The Balaban J connectivity index is 1.39. The predicted octanol–water partition coefficient (Wildman–Crippen LogP) is 4.37. The number of rotatable bonds is 6. The summed E-state index contributed by atoms with van der Waals surface area (Å²) in [4.78, 5) is 27.7. The second-order valence-electron chi connectivity index (χ2n) is 8.34. The molecule has 2 unspecified atom stereocenters. The quantitative estimate of drug-likeness (QED) is 0.796. The third kappa shape index (κ3) is 4.36. The van der Waals surface area contributed by atoms with Gasteiger partial charge in [-0.3, -0.25) is 9.59 Å². The van der Waals surface area contributed by atoms with Gasteiger partial charge in [-0.1, -0.05) is 49.4 Å². The number of nitrogens with one attached hydrogen (secondary N) is 1. The average Bonchev–Trinajstić information content (AvgIpc) is 2.75. The second-order valence-corrected chi connectivity index (χ2v) is 8.34. The topological polar surface area (TPSA) is 49.4 Å². The van der Waals surface area contributed by atoms with Gasteiger partial charge in [0, 0.05) is 30.6 Å². The van der Waals surface area contributed by atoms with E-state index >= 15 is 0 Å². The van der Waals surface area contributed by atoms with Crippen LogP contribution in [0.15, 0.2) is 48.5 Å². The van der Waals surface area contributed by atoms with Crippen molar-refractivity contribution in [3.8, 4) is 0 Å². The Labute approximate surface area is 173 Å². The minimum absolute atomic E-state index is 0.0464. The van der Waals surface area contributed by atoms with Crippen molar-refractivity contribution in [3.63, 3.8) is 0 Å². The summed E-state index contributed by atoms with van der Waals surface area (Å²) in [6, 6.07) is 16.8. The van der Waals surface area contributed by atoms with Gasteiger partial charge >= 0.3 is 0 Å². The normalized spacial score (nSPS) is 20.4. The molecule has 0 saturated heterocycles. The standard InChI is InChI=1S/C25H30N2O2/c1-2-15-27(22-13-11-18-7-3-4-8-19(18)17-22)24(28)14-12-21-16-20-9-5-6-10-23(20)26-25(21)29/h3-10,21-22H,2,11-17H2,1H3,(H,26,29). The SMILES string of the molecule is CCCN(C(=O)CCC1Cc2ccccc2NC1=O)C1CCc2ccccc2C1. The van der Waals surface area contributed by atoms with E-state index in [1.54, 1.807) is 0 Å². The van der Waals surface area contributed by atoms with Gasteiger partial charge in [-0.05, 0) is 61.3 Å². The number of amides is 2. The lowest BCUT2D eigenvalue weighted by molar-refractivity contribution is -0.134. The highest BCUT2D eigenvalue weighted by molar-refractivity contribution is 5.96. The molecule has 1 aliphatic heterocycles. The monoisotopic (exact) mass is 390 g/mol. The second kappa shape index (κ2) is 8.81. The number of carbonyl (C=O) groups is 2. The summed E-state index contributed by atoms with van der Waals surface area (Å²) >= 11 is 0. The molecule has 1 N–H and O–H groups in total. The number of anilines is 1. The fourth-order valence-corrected chi connectivity index (χ4v) is 4.78. The first-order valence-corrected chi connectivity index (χ1v) is 10.9. The van der Waals surface area contributed by atoms with Crippen LogP contribution in [0.3, 0.4) is 0 Å². The van der Waals surface area contributed by atoms with E-state index in [4.69, 9.17) is 0 Å². The number of carbonyl (C=O) groups excluding carboxylic acids is 2. The van der Waals surface area contributed by atoms with Crippen LogP contribution >= 0.6 is 0 Å². The summed E-state index contributed by atoms with van der Waals surface area (Å²) in [5.74, 6) is 0.123. The third-order valence-corrected chi connectivity index (χ3v) is 6.37. The van der Waals surface area contributed by atoms with Crippen LogP contribution in [0.4, 0.5) is 5.69 Å². The summed E-state index contributed by atoms with van der Waals surface area (Å²) in [7, 11) is 0. The fraction of sp³-hybridized carbons (Fsp3) is 0.440. The Hall–Kier alpha value is -2.62. The summed E-state index contributed by atoms with van der Waals surface area (Å²) in [5.41, 5.74) is 4.87. The van der Waals surface area contributed by atoms with Gasteiger partial charge in [-0.15, -0.1) is 0 Å². The van der Waals surface area contributed by atoms with E-state index in [-0.39, 0.29) is 23.8 Å². The van der Waals surface area contributed by atoms with Crippen LogP contribution in [0.1, 0.15) is 49.3 Å². The molecule has 4 nitrogen and oxygen atoms in total. The summed E-state index contributed by atoms with van der Waals surface area (Å²) in [5, 5.41) is 3.00. The number of benzene rings is 2. The number of hydrogen-bond acceptors (Lipinski definition) is 2. The number of para-hydroxylation sites is 1. The zero-order chi connectivity index (χ0) is 20.2. The van der Waals surface area contributed by atoms with Crippen LogP contribution in [0.5, 0.6) is 0 Å². The number of nitrogens with zero attached hydrogens (tertiary/aromatic N) is 1. The third-order valence-electron chi connectivity index (χ3n) is 6.37. The Morgan fingerprint density at radius 1 is 1.03 bits per heavy atom. The highest BCUT2D eigenvalue weighted by Gasteiger charge is 2.30. The highest BCUT2D eigenvalue weighted by atomic mass is 16.2. The molecule has 4 rings (SSSR count). The Morgan fingerprint density at radius 3 is 2.55 bits per heavy atom. The van der Waals surface area contributed by atoms with Crippen LogP contribution in [0.2, 0.25) is 0 Å². The lowest BCUT2D eigenvalue weighted by Gasteiger charge is -2.35. The largest absolute Gasteiger partial charge is 0.339 e. The van der Waals surface area contributed by atoms with Gasteiger partial charge in [0.05, 0.1) is 0 Å². The molecular formula is C25H30N2O2. The Morgan fingerprint density at radius 2 is 1.76 bits per heavy atom. The fourth-order valence-electron chi connectivity index (χ4n) is 4.78. The summed E-state index contributed by atoms with van der Waals surface area (Å²) in [6.07, 6.45) is 5.75. The minimum atomic E-state index is -0.121. The highest BCUT2D eigenvalue weighted by Crippen LogP contribution is 2.29. The molecule has 152 valence electrons. The molecule has 1 aliphatic carbocycles. The number of hydrogen-bond donors (Lipinski definition) is 1. The van der Waals surface area contributed by atoms with Gasteiger partial charge in [0.25, 0.3) is 0 Å². The van der Waals surface area contributed by atoms with Crippen molar-refractivity contribution >= 4 is 17.5 Å². The van der Waals surface area contributed by atoms with Gasteiger partial charge < -0.3 is 10.2 Å². The van der Waals surface area contributed by atoms with Gasteiger partial charge in [0.2, 0.25) is 11.8 Å². The first-order valence-electron chi connectivity index (χ1n) is 10.9. The van der Waals surface area contributed by atoms with Gasteiger partial charge in [0.1, 0.15) is 0 Å². The average molecular weight is 391 g/mol. The maximum absolute atomic E-state index is 13.1. The molecular weight excluding hydrogens is 360 g/mol. The predicted molar refractivity (Wildman–Crippen MR) is 116 cm³/mol. The molecule has 2 atom stereocenters. The maximum atomic E-state index is 13.1. The molecule has 2 aromatic rings.